The van der Waals surface area contributed by atoms with E-state index < -0.39 is 0 Å². The zero-order valence-electron chi connectivity index (χ0n) is 21.0. The van der Waals surface area contributed by atoms with E-state index in [2.05, 4.69) is 44.9 Å². The molecule has 0 unspecified atom stereocenters. The van der Waals surface area contributed by atoms with Crippen molar-refractivity contribution in [1.82, 2.24) is 24.3 Å². The summed E-state index contributed by atoms with van der Waals surface area (Å²) in [7, 11) is 1.63. The molecular formula is C29H31N5O3. The molecule has 8 nitrogen and oxygen atoms in total. The monoisotopic (exact) mass is 497 g/mol. The number of carbonyl (C=O) groups excluding carboxylic acids is 2. The number of H-pyrrole nitrogens is 1. The minimum absolute atomic E-state index is 0.0217. The Morgan fingerprint density at radius 2 is 1.89 bits per heavy atom. The molecule has 0 radical (unpaired) electrons. The van der Waals surface area contributed by atoms with E-state index in [-0.39, 0.29) is 24.4 Å². The predicted molar refractivity (Wildman–Crippen MR) is 141 cm³/mol. The maximum atomic E-state index is 13.6. The van der Waals surface area contributed by atoms with Gasteiger partial charge in [-0.05, 0) is 42.0 Å². The van der Waals surface area contributed by atoms with Crippen LogP contribution in [0.3, 0.4) is 0 Å². The van der Waals surface area contributed by atoms with Crippen LogP contribution in [0.2, 0.25) is 0 Å². The Kier molecular flexibility index (Phi) is 6.18. The Morgan fingerprint density at radius 3 is 2.73 bits per heavy atom. The number of piperazine rings is 1. The van der Waals surface area contributed by atoms with Gasteiger partial charge in [-0.25, -0.2) is 0 Å². The standard InChI is InChI=1S/C29H31N5O3/c1-37-25-9-10-26-22(14-25)15-27(30-26)29(36)33-19-24(18-31-12-13-32-11-5-8-23(32)17-31)34(28(35)20-33)16-21-6-3-2-4-7-21/h2-11,14-15,24,30H,12-13,16-20H2,1H3/t24-/m0/s1. The van der Waals surface area contributed by atoms with Gasteiger partial charge in [0, 0.05) is 62.1 Å². The van der Waals surface area contributed by atoms with E-state index >= 15 is 0 Å². The summed E-state index contributed by atoms with van der Waals surface area (Å²) in [6.07, 6.45) is 2.12. The molecule has 2 aliphatic rings. The average Bonchev–Trinajstić information content (AvgIpc) is 3.56. The summed E-state index contributed by atoms with van der Waals surface area (Å²) in [6.45, 7) is 4.53. The van der Waals surface area contributed by atoms with Crippen molar-refractivity contribution in [3.63, 3.8) is 0 Å². The quantitative estimate of drug-likeness (QED) is 0.444. The summed E-state index contributed by atoms with van der Waals surface area (Å²) < 4.78 is 7.60. The fourth-order valence-corrected chi connectivity index (χ4v) is 5.53. The second-order valence-corrected chi connectivity index (χ2v) is 9.91. The highest BCUT2D eigenvalue weighted by Gasteiger charge is 2.36. The third-order valence-corrected chi connectivity index (χ3v) is 7.49. The Bertz CT molecular complexity index is 1430. The first-order valence-electron chi connectivity index (χ1n) is 12.7. The molecule has 2 aromatic heterocycles. The van der Waals surface area contributed by atoms with E-state index in [1.54, 1.807) is 12.0 Å². The summed E-state index contributed by atoms with van der Waals surface area (Å²) in [6, 6.07) is 21.7. The van der Waals surface area contributed by atoms with Crippen LogP contribution in [0.25, 0.3) is 10.9 Å². The first-order chi connectivity index (χ1) is 18.1. The molecule has 4 aromatic rings. The third-order valence-electron chi connectivity index (χ3n) is 7.49. The van der Waals surface area contributed by atoms with Crippen LogP contribution < -0.4 is 4.74 Å². The Morgan fingerprint density at radius 1 is 1.03 bits per heavy atom. The number of methoxy groups -OCH3 is 1. The molecule has 6 rings (SSSR count). The Labute approximate surface area is 216 Å². The normalized spacial score (nSPS) is 18.3. The molecule has 1 atom stereocenters. The molecular weight excluding hydrogens is 466 g/mol. The van der Waals surface area contributed by atoms with Gasteiger partial charge in [0.05, 0.1) is 13.2 Å². The lowest BCUT2D eigenvalue weighted by Gasteiger charge is -2.43. The number of benzene rings is 2. The Balaban J connectivity index is 1.24. The van der Waals surface area contributed by atoms with Crippen molar-refractivity contribution in [1.29, 1.82) is 0 Å². The average molecular weight is 498 g/mol. The molecule has 8 heteroatoms. The summed E-state index contributed by atoms with van der Waals surface area (Å²) in [5.74, 6) is 0.565. The number of carbonyl (C=O) groups is 2. The van der Waals surface area contributed by atoms with Gasteiger partial charge in [0.2, 0.25) is 5.91 Å². The van der Waals surface area contributed by atoms with Crippen LogP contribution in [-0.2, 0) is 24.4 Å². The Hall–Kier alpha value is -4.04. The lowest BCUT2D eigenvalue weighted by atomic mass is 10.1. The second-order valence-electron chi connectivity index (χ2n) is 9.91. The zero-order chi connectivity index (χ0) is 25.4. The first-order valence-corrected chi connectivity index (χ1v) is 12.7. The smallest absolute Gasteiger partial charge is 0.270 e. The van der Waals surface area contributed by atoms with Gasteiger partial charge in [0.1, 0.15) is 18.0 Å². The fraction of sp³-hybridized carbons (Fsp3) is 0.310. The van der Waals surface area contributed by atoms with Gasteiger partial charge >= 0.3 is 0 Å². The van der Waals surface area contributed by atoms with Crippen LogP contribution in [0.1, 0.15) is 21.7 Å². The van der Waals surface area contributed by atoms with Crippen molar-refractivity contribution in [3.8, 4) is 5.75 Å². The highest BCUT2D eigenvalue weighted by atomic mass is 16.5. The molecule has 1 saturated heterocycles. The summed E-state index contributed by atoms with van der Waals surface area (Å²) in [5.41, 5.74) is 3.73. The van der Waals surface area contributed by atoms with Crippen LogP contribution in [0.4, 0.5) is 0 Å². The molecule has 190 valence electrons. The number of aromatic amines is 1. The SMILES string of the molecule is COc1ccc2[nH]c(C(=O)N3CC(=O)N(Cc4ccccc4)[C@@H](CN4CCn5cccc5C4)C3)cc2c1. The van der Waals surface area contributed by atoms with Gasteiger partial charge in [-0.15, -0.1) is 0 Å². The van der Waals surface area contributed by atoms with Crippen molar-refractivity contribution >= 4 is 22.7 Å². The highest BCUT2D eigenvalue weighted by molar-refractivity contribution is 6.00. The highest BCUT2D eigenvalue weighted by Crippen LogP contribution is 2.24. The van der Waals surface area contributed by atoms with Crippen LogP contribution >= 0.6 is 0 Å². The van der Waals surface area contributed by atoms with E-state index in [4.69, 9.17) is 4.74 Å². The molecule has 0 saturated carbocycles. The van der Waals surface area contributed by atoms with E-state index in [0.29, 0.717) is 18.8 Å². The van der Waals surface area contributed by atoms with Crippen LogP contribution in [0.5, 0.6) is 5.75 Å². The number of nitrogens with one attached hydrogen (secondary N) is 1. The van der Waals surface area contributed by atoms with E-state index in [1.165, 1.54) is 5.69 Å². The van der Waals surface area contributed by atoms with E-state index in [0.717, 1.165) is 48.4 Å². The van der Waals surface area contributed by atoms with Gasteiger partial charge in [0.15, 0.2) is 0 Å². The maximum absolute atomic E-state index is 13.6. The number of ether oxygens (including phenoxy) is 1. The molecule has 0 bridgehead atoms. The van der Waals surface area contributed by atoms with E-state index in [9.17, 15) is 9.59 Å². The molecule has 0 aliphatic carbocycles. The zero-order valence-corrected chi connectivity index (χ0v) is 21.0. The lowest BCUT2D eigenvalue weighted by Crippen LogP contribution is -2.60. The largest absolute Gasteiger partial charge is 0.497 e. The second kappa shape index (κ2) is 9.78. The predicted octanol–water partition coefficient (Wildman–Crippen LogP) is 3.35. The lowest BCUT2D eigenvalue weighted by molar-refractivity contribution is -0.140. The van der Waals surface area contributed by atoms with Gasteiger partial charge in [-0.3, -0.25) is 14.5 Å². The van der Waals surface area contributed by atoms with Gasteiger partial charge < -0.3 is 24.1 Å². The molecule has 37 heavy (non-hydrogen) atoms. The first kappa shape index (κ1) is 23.4. The van der Waals surface area contributed by atoms with Crippen molar-refractivity contribution in [3.05, 3.63) is 89.9 Å². The molecule has 4 heterocycles. The number of nitrogens with zero attached hydrogens (tertiary/aromatic N) is 4. The summed E-state index contributed by atoms with van der Waals surface area (Å²) in [5, 5.41) is 0.907. The molecule has 0 spiro atoms. The van der Waals surface area contributed by atoms with Crippen molar-refractivity contribution < 1.29 is 14.3 Å². The summed E-state index contributed by atoms with van der Waals surface area (Å²) >= 11 is 0. The fourth-order valence-electron chi connectivity index (χ4n) is 5.53. The topological polar surface area (TPSA) is 73.8 Å². The summed E-state index contributed by atoms with van der Waals surface area (Å²) in [4.78, 5) is 36.4. The third kappa shape index (κ3) is 4.72. The minimum Gasteiger partial charge on any atom is -0.497 e. The number of amides is 2. The number of aromatic nitrogens is 2. The number of hydrogen-bond donors (Lipinski definition) is 1. The minimum atomic E-state index is -0.152. The number of hydrogen-bond acceptors (Lipinski definition) is 4. The molecule has 2 aliphatic heterocycles. The maximum Gasteiger partial charge on any atom is 0.270 e. The van der Waals surface area contributed by atoms with Gasteiger partial charge in [0.25, 0.3) is 5.91 Å². The van der Waals surface area contributed by atoms with Crippen LogP contribution in [0.15, 0.2) is 72.9 Å². The number of fused-ring (bicyclic) bond motifs is 2. The molecule has 1 fully saturated rings. The van der Waals surface area contributed by atoms with Crippen molar-refractivity contribution in [2.24, 2.45) is 0 Å². The van der Waals surface area contributed by atoms with Crippen LogP contribution in [-0.4, -0.2) is 75.4 Å². The van der Waals surface area contributed by atoms with Crippen molar-refractivity contribution in [2.45, 2.75) is 25.7 Å². The number of rotatable bonds is 6. The molecule has 2 amide bonds. The van der Waals surface area contributed by atoms with E-state index in [1.807, 2.05) is 47.4 Å². The molecule has 1 N–H and O–H groups in total. The van der Waals surface area contributed by atoms with Gasteiger partial charge in [-0.1, -0.05) is 30.3 Å². The van der Waals surface area contributed by atoms with Crippen molar-refractivity contribution in [2.75, 3.05) is 33.3 Å². The van der Waals surface area contributed by atoms with Crippen LogP contribution in [0, 0.1) is 0 Å². The molecule has 2 aromatic carbocycles. The van der Waals surface area contributed by atoms with Gasteiger partial charge in [-0.2, -0.15) is 0 Å².